The molecule has 94 valence electrons. The van der Waals surface area contributed by atoms with E-state index in [1.54, 1.807) is 12.1 Å². The molecule has 2 rings (SSSR count). The van der Waals surface area contributed by atoms with E-state index >= 15 is 0 Å². The average Bonchev–Trinajstić information content (AvgIpc) is 2.32. The summed E-state index contributed by atoms with van der Waals surface area (Å²) in [6.07, 6.45) is 0. The minimum Gasteiger partial charge on any atom is -0.368 e. The number of hydrogen-bond acceptors (Lipinski definition) is 6. The van der Waals surface area contributed by atoms with Crippen molar-refractivity contribution in [2.75, 3.05) is 16.5 Å². The van der Waals surface area contributed by atoms with Crippen LogP contribution in [0.3, 0.4) is 0 Å². The zero-order valence-corrected chi connectivity index (χ0v) is 11.3. The molecule has 1 heterocycles. The van der Waals surface area contributed by atoms with E-state index in [9.17, 15) is 4.39 Å². The summed E-state index contributed by atoms with van der Waals surface area (Å²) in [5.41, 5.74) is 8.64. The largest absolute Gasteiger partial charge is 0.368 e. The van der Waals surface area contributed by atoms with Crippen LogP contribution in [0.5, 0.6) is 0 Å². The monoisotopic (exact) mass is 360 g/mol. The van der Waals surface area contributed by atoms with Crippen molar-refractivity contribution in [2.24, 2.45) is 5.84 Å². The number of hydrazine groups is 1. The third-order valence-electron chi connectivity index (χ3n) is 2.09. The van der Waals surface area contributed by atoms with E-state index in [-0.39, 0.29) is 11.8 Å². The molecule has 0 aliphatic rings. The van der Waals surface area contributed by atoms with Crippen molar-refractivity contribution in [2.45, 2.75) is 0 Å². The van der Waals surface area contributed by atoms with Crippen molar-refractivity contribution < 1.29 is 4.39 Å². The lowest BCUT2D eigenvalue weighted by atomic mass is 10.3. The Bertz CT molecular complexity index is 576. The van der Waals surface area contributed by atoms with Gasteiger partial charge in [-0.15, -0.1) is 0 Å². The van der Waals surface area contributed by atoms with Crippen molar-refractivity contribution in [3.63, 3.8) is 0 Å². The first-order chi connectivity index (χ1) is 8.58. The lowest BCUT2D eigenvalue weighted by Gasteiger charge is -2.09. The molecule has 8 heteroatoms. The van der Waals surface area contributed by atoms with Gasteiger partial charge in [0.15, 0.2) is 0 Å². The first-order valence-corrected chi connectivity index (χ1v) is 5.99. The summed E-state index contributed by atoms with van der Waals surface area (Å²) < 4.78 is 13.7. The van der Waals surface area contributed by atoms with Gasteiger partial charge in [-0.3, -0.25) is 0 Å². The molecule has 1 aromatic heterocycles. The topological polar surface area (TPSA) is 102 Å². The van der Waals surface area contributed by atoms with Gasteiger partial charge < -0.3 is 16.5 Å². The molecule has 0 bridgehead atoms. The average molecular weight is 360 g/mol. The van der Waals surface area contributed by atoms with Crippen LogP contribution in [0.4, 0.5) is 27.7 Å². The van der Waals surface area contributed by atoms with E-state index in [2.05, 4.69) is 20.7 Å². The predicted molar refractivity (Wildman–Crippen MR) is 76.7 cm³/mol. The quantitative estimate of drug-likeness (QED) is 0.379. The molecule has 1 aromatic carbocycles. The highest BCUT2D eigenvalue weighted by molar-refractivity contribution is 14.1. The highest BCUT2D eigenvalue weighted by Crippen LogP contribution is 2.23. The number of halogens is 2. The van der Waals surface area contributed by atoms with Gasteiger partial charge in [0.2, 0.25) is 5.95 Å². The Labute approximate surface area is 116 Å². The minimum atomic E-state index is -0.295. The highest BCUT2D eigenvalue weighted by atomic mass is 127. The van der Waals surface area contributed by atoms with Crippen molar-refractivity contribution in [1.82, 2.24) is 9.97 Å². The molecule has 0 saturated heterocycles. The summed E-state index contributed by atoms with van der Waals surface area (Å²) in [5.74, 6) is 5.91. The standard InChI is InChI=1S/C10H10FIN6/c11-5-1-2-7(6(12)3-5)15-8-4-9(18-14)17-10(13)16-8/h1-4H,14H2,(H4,13,15,16,17,18). The van der Waals surface area contributed by atoms with E-state index in [4.69, 9.17) is 11.6 Å². The number of benzene rings is 1. The smallest absolute Gasteiger partial charge is 0.223 e. The molecule has 0 unspecified atom stereocenters. The molecule has 0 aliphatic carbocycles. The predicted octanol–water partition coefficient (Wildman–Crippen LogP) is 1.83. The molecular weight excluding hydrogens is 350 g/mol. The number of nitrogens with two attached hydrogens (primary N) is 2. The van der Waals surface area contributed by atoms with Gasteiger partial charge in [-0.05, 0) is 40.8 Å². The first-order valence-electron chi connectivity index (χ1n) is 4.92. The SMILES string of the molecule is NNc1cc(Nc2ccc(F)cc2I)nc(N)n1. The van der Waals surface area contributed by atoms with E-state index in [0.717, 1.165) is 9.26 Å². The summed E-state index contributed by atoms with van der Waals surface area (Å²) in [7, 11) is 0. The lowest BCUT2D eigenvalue weighted by Crippen LogP contribution is -2.11. The maximum atomic E-state index is 13.0. The molecule has 18 heavy (non-hydrogen) atoms. The van der Waals surface area contributed by atoms with Crippen molar-refractivity contribution >= 4 is 45.9 Å². The fourth-order valence-electron chi connectivity index (χ4n) is 1.33. The number of nitrogens with zero attached hydrogens (tertiary/aromatic N) is 2. The van der Waals surface area contributed by atoms with E-state index < -0.39 is 0 Å². The molecule has 6 nitrogen and oxygen atoms in total. The lowest BCUT2D eigenvalue weighted by molar-refractivity contribution is 0.627. The molecule has 2 aromatic rings. The van der Waals surface area contributed by atoms with Crippen molar-refractivity contribution in [3.8, 4) is 0 Å². The van der Waals surface area contributed by atoms with E-state index in [1.807, 2.05) is 22.6 Å². The van der Waals surface area contributed by atoms with Crippen LogP contribution in [0.25, 0.3) is 0 Å². The van der Waals surface area contributed by atoms with E-state index in [0.29, 0.717) is 11.6 Å². The fourth-order valence-corrected chi connectivity index (χ4v) is 1.94. The van der Waals surface area contributed by atoms with Gasteiger partial charge in [0, 0.05) is 9.64 Å². The van der Waals surface area contributed by atoms with Crippen molar-refractivity contribution in [1.29, 1.82) is 0 Å². The number of nitrogen functional groups attached to an aromatic ring is 2. The van der Waals surface area contributed by atoms with Gasteiger partial charge in [-0.25, -0.2) is 10.2 Å². The zero-order valence-electron chi connectivity index (χ0n) is 9.11. The zero-order chi connectivity index (χ0) is 13.1. The molecule has 0 fully saturated rings. The number of nitrogens with one attached hydrogen (secondary N) is 2. The summed E-state index contributed by atoms with van der Waals surface area (Å²) in [6.45, 7) is 0. The molecule has 6 N–H and O–H groups in total. The minimum absolute atomic E-state index is 0.0880. The molecular formula is C10H10FIN6. The van der Waals surface area contributed by atoms with Gasteiger partial charge in [0.1, 0.15) is 17.5 Å². The van der Waals surface area contributed by atoms with Crippen LogP contribution in [0, 0.1) is 9.39 Å². The van der Waals surface area contributed by atoms with Crippen LogP contribution >= 0.6 is 22.6 Å². The van der Waals surface area contributed by atoms with Crippen LogP contribution in [-0.4, -0.2) is 9.97 Å². The first kappa shape index (κ1) is 12.8. The van der Waals surface area contributed by atoms with Crippen LogP contribution in [0.1, 0.15) is 0 Å². The number of aromatic nitrogens is 2. The van der Waals surface area contributed by atoms with Crippen LogP contribution in [0.2, 0.25) is 0 Å². The Morgan fingerprint density at radius 3 is 2.56 bits per heavy atom. The summed E-state index contributed by atoms with van der Waals surface area (Å²) in [4.78, 5) is 7.86. The Morgan fingerprint density at radius 1 is 1.17 bits per heavy atom. The second-order valence-corrected chi connectivity index (χ2v) is 4.55. The molecule has 0 aliphatic heterocycles. The Morgan fingerprint density at radius 2 is 1.89 bits per heavy atom. The van der Waals surface area contributed by atoms with E-state index in [1.165, 1.54) is 12.1 Å². The Kier molecular flexibility index (Phi) is 3.77. The van der Waals surface area contributed by atoms with Crippen LogP contribution < -0.4 is 22.3 Å². The third-order valence-corrected chi connectivity index (χ3v) is 2.98. The van der Waals surface area contributed by atoms with Gasteiger partial charge in [-0.1, -0.05) is 0 Å². The van der Waals surface area contributed by atoms with Crippen molar-refractivity contribution in [3.05, 3.63) is 33.7 Å². The summed E-state index contributed by atoms with van der Waals surface area (Å²) in [6, 6.07) is 5.98. The van der Waals surface area contributed by atoms with Crippen LogP contribution in [-0.2, 0) is 0 Å². The molecule has 0 spiro atoms. The third kappa shape index (κ3) is 2.96. The van der Waals surface area contributed by atoms with Gasteiger partial charge >= 0.3 is 0 Å². The van der Waals surface area contributed by atoms with Crippen LogP contribution in [0.15, 0.2) is 24.3 Å². The molecule has 0 radical (unpaired) electrons. The Balaban J connectivity index is 2.30. The highest BCUT2D eigenvalue weighted by Gasteiger charge is 2.05. The fraction of sp³-hybridized carbons (Fsp3) is 0. The maximum absolute atomic E-state index is 13.0. The van der Waals surface area contributed by atoms with Gasteiger partial charge in [0.05, 0.1) is 5.69 Å². The molecule has 0 saturated carbocycles. The second kappa shape index (κ2) is 5.31. The second-order valence-electron chi connectivity index (χ2n) is 3.39. The van der Waals surface area contributed by atoms with Gasteiger partial charge in [-0.2, -0.15) is 9.97 Å². The summed E-state index contributed by atoms with van der Waals surface area (Å²) >= 11 is 2.02. The molecule has 0 amide bonds. The summed E-state index contributed by atoms with van der Waals surface area (Å²) in [5, 5.41) is 3.01. The normalized spacial score (nSPS) is 10.2. The molecule has 0 atom stereocenters. The maximum Gasteiger partial charge on any atom is 0.223 e. The van der Waals surface area contributed by atoms with Gasteiger partial charge in [0.25, 0.3) is 0 Å². The number of anilines is 4. The Hall–Kier alpha value is -1.68. The number of hydrogen-bond donors (Lipinski definition) is 4. The number of rotatable bonds is 3.